The molecule has 0 bridgehead atoms. The number of carboxylic acids is 1. The fraction of sp³-hybridized carbons (Fsp3) is 0.231. The first kappa shape index (κ1) is 20.8. The van der Waals surface area contributed by atoms with Gasteiger partial charge in [0.25, 0.3) is 0 Å². The van der Waals surface area contributed by atoms with Crippen molar-refractivity contribution >= 4 is 17.6 Å². The summed E-state index contributed by atoms with van der Waals surface area (Å²) in [6.07, 6.45) is -8.50. The first-order valence-electron chi connectivity index (χ1n) is 6.25. The average Bonchev–Trinajstić information content (AvgIpc) is 2.97. The number of halogens is 7. The SMILES string of the molecule is NC(c1ccc(Cl)cc1)c1cnc(C(F)(F)F)[nH]1.O=C(O)C(F)(F)F. The van der Waals surface area contributed by atoms with Gasteiger partial charge < -0.3 is 15.8 Å². The van der Waals surface area contributed by atoms with Crippen LogP contribution in [-0.4, -0.2) is 27.2 Å². The van der Waals surface area contributed by atoms with Gasteiger partial charge in [-0.3, -0.25) is 0 Å². The Bertz CT molecular complexity index is 712. The maximum Gasteiger partial charge on any atom is 0.490 e. The second-order valence-corrected chi connectivity index (χ2v) is 4.95. The molecule has 0 amide bonds. The first-order chi connectivity index (χ1) is 11.3. The third kappa shape index (κ3) is 6.27. The number of carbonyl (C=O) groups is 1. The van der Waals surface area contributed by atoms with Crippen LogP contribution < -0.4 is 5.73 Å². The molecule has 0 aliphatic rings. The highest BCUT2D eigenvalue weighted by molar-refractivity contribution is 6.30. The van der Waals surface area contributed by atoms with E-state index in [1.54, 1.807) is 24.3 Å². The topological polar surface area (TPSA) is 92.0 Å². The van der Waals surface area contributed by atoms with Crippen molar-refractivity contribution in [3.05, 3.63) is 52.6 Å². The largest absolute Gasteiger partial charge is 0.490 e. The number of aromatic amines is 1. The van der Waals surface area contributed by atoms with Gasteiger partial charge in [0.1, 0.15) is 0 Å². The molecule has 5 nitrogen and oxygen atoms in total. The molecule has 0 fully saturated rings. The van der Waals surface area contributed by atoms with Crippen molar-refractivity contribution in [2.75, 3.05) is 0 Å². The molecule has 25 heavy (non-hydrogen) atoms. The Morgan fingerprint density at radius 3 is 2.00 bits per heavy atom. The number of rotatable bonds is 2. The summed E-state index contributed by atoms with van der Waals surface area (Å²) in [7, 11) is 0. The molecule has 1 aromatic carbocycles. The lowest BCUT2D eigenvalue weighted by Gasteiger charge is -2.10. The Morgan fingerprint density at radius 1 is 1.16 bits per heavy atom. The molecule has 0 spiro atoms. The van der Waals surface area contributed by atoms with Gasteiger partial charge in [-0.05, 0) is 17.7 Å². The highest BCUT2D eigenvalue weighted by Crippen LogP contribution is 2.28. The summed E-state index contributed by atoms with van der Waals surface area (Å²) < 4.78 is 68.8. The molecule has 4 N–H and O–H groups in total. The lowest BCUT2D eigenvalue weighted by atomic mass is 10.1. The number of imidazole rings is 1. The van der Waals surface area contributed by atoms with Crippen LogP contribution in [0.1, 0.15) is 23.1 Å². The van der Waals surface area contributed by atoms with Gasteiger partial charge in [0.05, 0.1) is 17.9 Å². The molecule has 1 atom stereocenters. The van der Waals surface area contributed by atoms with E-state index in [1.807, 2.05) is 0 Å². The summed E-state index contributed by atoms with van der Waals surface area (Å²) in [5.41, 5.74) is 6.69. The molecule has 1 aromatic heterocycles. The van der Waals surface area contributed by atoms with Gasteiger partial charge >= 0.3 is 18.3 Å². The van der Waals surface area contributed by atoms with Crippen molar-refractivity contribution in [1.29, 1.82) is 0 Å². The molecule has 1 unspecified atom stereocenters. The third-order valence-electron chi connectivity index (χ3n) is 2.67. The molecule has 2 rings (SSSR count). The van der Waals surface area contributed by atoms with Gasteiger partial charge in [-0.1, -0.05) is 23.7 Å². The third-order valence-corrected chi connectivity index (χ3v) is 2.92. The molecular formula is C13H10ClF6N3O2. The Labute approximate surface area is 141 Å². The summed E-state index contributed by atoms with van der Waals surface area (Å²) >= 11 is 5.72. The lowest BCUT2D eigenvalue weighted by molar-refractivity contribution is -0.192. The smallest absolute Gasteiger partial charge is 0.475 e. The molecule has 138 valence electrons. The van der Waals surface area contributed by atoms with E-state index < -0.39 is 30.2 Å². The van der Waals surface area contributed by atoms with Crippen LogP contribution in [0.25, 0.3) is 0 Å². The molecule has 0 aliphatic carbocycles. The van der Waals surface area contributed by atoms with Crippen LogP contribution in [-0.2, 0) is 11.0 Å². The Hall–Kier alpha value is -2.27. The fourth-order valence-electron chi connectivity index (χ4n) is 1.49. The summed E-state index contributed by atoms with van der Waals surface area (Å²) in [6.45, 7) is 0. The van der Waals surface area contributed by atoms with Crippen LogP contribution in [0.3, 0.4) is 0 Å². The van der Waals surface area contributed by atoms with E-state index in [0.717, 1.165) is 6.20 Å². The summed E-state index contributed by atoms with van der Waals surface area (Å²) in [6, 6.07) is 5.85. The van der Waals surface area contributed by atoms with Gasteiger partial charge in [-0.2, -0.15) is 26.3 Å². The van der Waals surface area contributed by atoms with E-state index in [1.165, 1.54) is 0 Å². The normalized spacial score (nSPS) is 13.0. The molecule has 0 saturated carbocycles. The number of H-pyrrole nitrogens is 1. The second kappa shape index (κ2) is 7.74. The van der Waals surface area contributed by atoms with Crippen LogP contribution in [0.15, 0.2) is 30.5 Å². The van der Waals surface area contributed by atoms with Crippen LogP contribution in [0, 0.1) is 0 Å². The van der Waals surface area contributed by atoms with Gasteiger partial charge in [-0.15, -0.1) is 0 Å². The summed E-state index contributed by atoms with van der Waals surface area (Å²) in [4.78, 5) is 14.3. The van der Waals surface area contributed by atoms with Crippen molar-refractivity contribution in [3.63, 3.8) is 0 Å². The van der Waals surface area contributed by atoms with Gasteiger partial charge in [0.2, 0.25) is 5.82 Å². The zero-order valence-corrected chi connectivity index (χ0v) is 12.7. The number of alkyl halides is 6. The summed E-state index contributed by atoms with van der Waals surface area (Å²) in [5, 5.41) is 7.66. The number of carboxylic acid groups (broad SMARTS) is 1. The van der Waals surface area contributed by atoms with Gasteiger partial charge in [-0.25, -0.2) is 9.78 Å². The zero-order valence-electron chi connectivity index (χ0n) is 12.0. The zero-order chi connectivity index (χ0) is 19.4. The monoisotopic (exact) mass is 389 g/mol. The Kier molecular flexibility index (Phi) is 6.43. The van der Waals surface area contributed by atoms with Crippen LogP contribution in [0.4, 0.5) is 26.3 Å². The maximum atomic E-state index is 12.4. The molecule has 1 heterocycles. The van der Waals surface area contributed by atoms with Crippen LogP contribution >= 0.6 is 11.6 Å². The molecule has 0 aliphatic heterocycles. The standard InChI is InChI=1S/C11H9ClF3N3.C2HF3O2/c12-7-3-1-6(2-4-7)9(16)8-5-17-10(18-8)11(13,14)15;3-2(4,5)1(6)7/h1-5,9H,16H2,(H,17,18);(H,6,7). The van der Waals surface area contributed by atoms with Crippen molar-refractivity contribution in [1.82, 2.24) is 9.97 Å². The number of hydrogen-bond acceptors (Lipinski definition) is 3. The molecule has 0 radical (unpaired) electrons. The number of aliphatic carboxylic acids is 1. The van der Waals surface area contributed by atoms with E-state index in [-0.39, 0.29) is 5.69 Å². The van der Waals surface area contributed by atoms with Crippen LogP contribution in [0.5, 0.6) is 0 Å². The van der Waals surface area contributed by atoms with E-state index in [9.17, 15) is 26.3 Å². The van der Waals surface area contributed by atoms with Gasteiger partial charge in [0, 0.05) is 5.02 Å². The quantitative estimate of drug-likeness (QED) is 0.682. The lowest BCUT2D eigenvalue weighted by Crippen LogP contribution is -2.21. The maximum absolute atomic E-state index is 12.4. The fourth-order valence-corrected chi connectivity index (χ4v) is 1.61. The highest BCUT2D eigenvalue weighted by Gasteiger charge is 2.38. The molecule has 2 aromatic rings. The summed E-state index contributed by atoms with van der Waals surface area (Å²) in [5.74, 6) is -3.81. The van der Waals surface area contributed by atoms with Gasteiger partial charge in [0.15, 0.2) is 0 Å². The number of nitrogens with two attached hydrogens (primary N) is 1. The van der Waals surface area contributed by atoms with Crippen molar-refractivity contribution < 1.29 is 36.2 Å². The van der Waals surface area contributed by atoms with Crippen LogP contribution in [0.2, 0.25) is 5.02 Å². The minimum absolute atomic E-state index is 0.199. The first-order valence-corrected chi connectivity index (χ1v) is 6.63. The number of benzene rings is 1. The Morgan fingerprint density at radius 2 is 1.64 bits per heavy atom. The number of aromatic nitrogens is 2. The average molecular weight is 390 g/mol. The van der Waals surface area contributed by atoms with E-state index in [2.05, 4.69) is 9.97 Å². The molecule has 12 heteroatoms. The number of hydrogen-bond donors (Lipinski definition) is 3. The number of nitrogens with zero attached hydrogens (tertiary/aromatic N) is 1. The second-order valence-electron chi connectivity index (χ2n) is 4.52. The van der Waals surface area contributed by atoms with E-state index in [4.69, 9.17) is 27.2 Å². The molecule has 0 saturated heterocycles. The predicted octanol–water partition coefficient (Wildman–Crippen LogP) is 3.76. The van der Waals surface area contributed by atoms with Crippen molar-refractivity contribution in [3.8, 4) is 0 Å². The minimum Gasteiger partial charge on any atom is -0.475 e. The van der Waals surface area contributed by atoms with Crippen molar-refractivity contribution in [2.45, 2.75) is 18.4 Å². The predicted molar refractivity (Wildman–Crippen MR) is 74.8 cm³/mol. The van der Waals surface area contributed by atoms with Crippen molar-refractivity contribution in [2.24, 2.45) is 5.73 Å². The Balaban J connectivity index is 0.000000381. The molecular weight excluding hydrogens is 380 g/mol. The van der Waals surface area contributed by atoms with E-state index >= 15 is 0 Å². The van der Waals surface area contributed by atoms with E-state index in [0.29, 0.717) is 10.6 Å². The number of nitrogens with one attached hydrogen (secondary N) is 1. The highest BCUT2D eigenvalue weighted by atomic mass is 35.5. The minimum atomic E-state index is -5.08.